The molecule has 2 aromatic rings. The van der Waals surface area contributed by atoms with Crippen LogP contribution in [-0.2, 0) is 39.0 Å². The molecule has 1 aliphatic heterocycles. The van der Waals surface area contributed by atoms with Gasteiger partial charge in [-0.15, -0.1) is 0 Å². The highest BCUT2D eigenvalue weighted by Gasteiger charge is 2.38. The number of anilines is 1. The molecule has 9 nitrogen and oxygen atoms in total. The van der Waals surface area contributed by atoms with Gasteiger partial charge >= 0.3 is 0 Å². The van der Waals surface area contributed by atoms with E-state index in [1.165, 1.54) is 22.2 Å². The van der Waals surface area contributed by atoms with Crippen LogP contribution in [0.2, 0.25) is 0 Å². The molecular formula is C24H35N5O4S. The molecule has 0 spiro atoms. The Kier molecular flexibility index (Phi) is 7.82. The van der Waals surface area contributed by atoms with Crippen LogP contribution in [0.15, 0.2) is 23.1 Å². The molecule has 1 aromatic heterocycles. The Bertz CT molecular complexity index is 1180. The van der Waals surface area contributed by atoms with Gasteiger partial charge in [-0.25, -0.2) is 8.42 Å². The number of amides is 2. The van der Waals surface area contributed by atoms with Crippen molar-refractivity contribution in [3.8, 4) is 0 Å². The average molecular weight is 490 g/mol. The summed E-state index contributed by atoms with van der Waals surface area (Å²) in [6.45, 7) is 13.0. The van der Waals surface area contributed by atoms with Gasteiger partial charge in [-0.1, -0.05) is 13.8 Å². The number of hydrogen-bond acceptors (Lipinski definition) is 5. The molecule has 2 amide bonds. The molecule has 34 heavy (non-hydrogen) atoms. The first kappa shape index (κ1) is 25.9. The molecule has 0 saturated carbocycles. The second-order valence-corrected chi connectivity index (χ2v) is 10.4. The van der Waals surface area contributed by atoms with Crippen LogP contribution in [0.4, 0.5) is 5.69 Å². The van der Waals surface area contributed by atoms with Gasteiger partial charge in [-0.3, -0.25) is 19.2 Å². The first-order valence-corrected chi connectivity index (χ1v) is 13.2. The van der Waals surface area contributed by atoms with E-state index in [4.69, 9.17) is 0 Å². The predicted octanol–water partition coefficient (Wildman–Crippen LogP) is 2.19. The Labute approximate surface area is 202 Å². The third-order valence-electron chi connectivity index (χ3n) is 6.53. The first-order chi connectivity index (χ1) is 16.1. The number of aromatic nitrogens is 2. The Balaban J connectivity index is 1.77. The van der Waals surface area contributed by atoms with E-state index in [0.29, 0.717) is 37.3 Å². The fourth-order valence-electron chi connectivity index (χ4n) is 4.73. The zero-order valence-electron chi connectivity index (χ0n) is 20.9. The SMILES string of the molecule is CCN(CC)S(=O)(=O)c1ccc2c(c1)CC(C(=O)NCCc1c(C)nn(CC)c1C)N2C(C)=O. The minimum absolute atomic E-state index is 0.179. The molecule has 1 aliphatic rings. The summed E-state index contributed by atoms with van der Waals surface area (Å²) in [7, 11) is -3.63. The van der Waals surface area contributed by atoms with Gasteiger partial charge in [0, 0.05) is 50.9 Å². The quantitative estimate of drug-likeness (QED) is 0.581. The zero-order chi connectivity index (χ0) is 25.2. The normalized spacial score (nSPS) is 15.6. The fourth-order valence-corrected chi connectivity index (χ4v) is 6.24. The predicted molar refractivity (Wildman–Crippen MR) is 131 cm³/mol. The van der Waals surface area contributed by atoms with E-state index < -0.39 is 16.1 Å². The Morgan fingerprint density at radius 2 is 1.85 bits per heavy atom. The number of hydrogen-bond donors (Lipinski definition) is 1. The number of aryl methyl sites for hydroxylation is 2. The number of carbonyl (C=O) groups is 2. The third kappa shape index (κ3) is 4.74. The van der Waals surface area contributed by atoms with Crippen LogP contribution >= 0.6 is 0 Å². The van der Waals surface area contributed by atoms with Crippen molar-refractivity contribution in [2.45, 2.75) is 71.9 Å². The summed E-state index contributed by atoms with van der Waals surface area (Å²) >= 11 is 0. The molecule has 2 heterocycles. The van der Waals surface area contributed by atoms with Crippen LogP contribution in [0.3, 0.4) is 0 Å². The van der Waals surface area contributed by atoms with Gasteiger partial charge < -0.3 is 5.32 Å². The average Bonchev–Trinajstić information content (AvgIpc) is 3.31. The lowest BCUT2D eigenvalue weighted by Gasteiger charge is -2.23. The number of benzene rings is 1. The monoisotopic (exact) mass is 489 g/mol. The minimum atomic E-state index is -3.63. The molecule has 10 heteroatoms. The van der Waals surface area contributed by atoms with Gasteiger partial charge in [0.2, 0.25) is 21.8 Å². The van der Waals surface area contributed by atoms with Crippen LogP contribution in [0.1, 0.15) is 50.2 Å². The standard InChI is InChI=1S/C24H35N5O4S/c1-7-27(8-2)34(32,33)20-10-11-22-19(14-20)15-23(29(22)18(6)30)24(31)25-13-12-21-16(4)26-28(9-3)17(21)5/h10-11,14,23H,7-9,12-13,15H2,1-6H3,(H,25,31). The zero-order valence-corrected chi connectivity index (χ0v) is 21.7. The van der Waals surface area contributed by atoms with Crippen LogP contribution in [0.25, 0.3) is 0 Å². The number of nitrogens with zero attached hydrogens (tertiary/aromatic N) is 4. The largest absolute Gasteiger partial charge is 0.354 e. The van der Waals surface area contributed by atoms with Crippen molar-refractivity contribution >= 4 is 27.5 Å². The molecule has 1 aromatic carbocycles. The maximum absolute atomic E-state index is 13.1. The van der Waals surface area contributed by atoms with E-state index in [1.807, 2.05) is 25.5 Å². The van der Waals surface area contributed by atoms with Crippen molar-refractivity contribution in [3.63, 3.8) is 0 Å². The van der Waals surface area contributed by atoms with Gasteiger partial charge in [-0.2, -0.15) is 9.40 Å². The highest BCUT2D eigenvalue weighted by Crippen LogP contribution is 2.35. The van der Waals surface area contributed by atoms with Crippen LogP contribution in [0, 0.1) is 13.8 Å². The second kappa shape index (κ2) is 10.3. The maximum Gasteiger partial charge on any atom is 0.243 e. The molecule has 0 fully saturated rings. The second-order valence-electron chi connectivity index (χ2n) is 8.49. The molecule has 1 unspecified atom stereocenters. The molecular weight excluding hydrogens is 454 g/mol. The van der Waals surface area contributed by atoms with Crippen molar-refractivity contribution in [3.05, 3.63) is 40.7 Å². The van der Waals surface area contributed by atoms with Crippen molar-refractivity contribution in [1.29, 1.82) is 0 Å². The molecule has 0 aliphatic carbocycles. The molecule has 1 atom stereocenters. The fraction of sp³-hybridized carbons (Fsp3) is 0.542. The van der Waals surface area contributed by atoms with Gasteiger partial charge in [0.05, 0.1) is 10.6 Å². The highest BCUT2D eigenvalue weighted by molar-refractivity contribution is 7.89. The number of sulfonamides is 1. The summed E-state index contributed by atoms with van der Waals surface area (Å²) in [4.78, 5) is 27.2. The van der Waals surface area contributed by atoms with Crippen LogP contribution < -0.4 is 10.2 Å². The summed E-state index contributed by atoms with van der Waals surface area (Å²) in [5.74, 6) is -0.507. The lowest BCUT2D eigenvalue weighted by atomic mass is 10.1. The minimum Gasteiger partial charge on any atom is -0.354 e. The van der Waals surface area contributed by atoms with Crippen molar-refractivity contribution in [2.24, 2.45) is 0 Å². The smallest absolute Gasteiger partial charge is 0.243 e. The topological polar surface area (TPSA) is 105 Å². The summed E-state index contributed by atoms with van der Waals surface area (Å²) in [5.41, 5.74) is 4.43. The molecule has 3 rings (SSSR count). The Morgan fingerprint density at radius 1 is 1.18 bits per heavy atom. The van der Waals surface area contributed by atoms with Gasteiger partial charge in [0.1, 0.15) is 6.04 Å². The van der Waals surface area contributed by atoms with Crippen molar-refractivity contribution in [2.75, 3.05) is 24.5 Å². The summed E-state index contributed by atoms with van der Waals surface area (Å²) in [5, 5.41) is 7.48. The van der Waals surface area contributed by atoms with E-state index in [0.717, 1.165) is 23.5 Å². The summed E-state index contributed by atoms with van der Waals surface area (Å²) in [6, 6.07) is 4.03. The van der Waals surface area contributed by atoms with E-state index in [2.05, 4.69) is 10.4 Å². The molecule has 0 bridgehead atoms. The van der Waals surface area contributed by atoms with Gasteiger partial charge in [0.15, 0.2) is 0 Å². The van der Waals surface area contributed by atoms with Crippen LogP contribution in [-0.4, -0.2) is 60.0 Å². The Morgan fingerprint density at radius 3 is 2.41 bits per heavy atom. The summed E-state index contributed by atoms with van der Waals surface area (Å²) < 4.78 is 29.2. The number of carbonyl (C=O) groups excluding carboxylic acids is 2. The lowest BCUT2D eigenvalue weighted by molar-refractivity contribution is -0.125. The maximum atomic E-state index is 13.1. The highest BCUT2D eigenvalue weighted by atomic mass is 32.2. The summed E-state index contributed by atoms with van der Waals surface area (Å²) in [6.07, 6.45) is 0.920. The van der Waals surface area contributed by atoms with Gasteiger partial charge in [-0.05, 0) is 56.5 Å². The first-order valence-electron chi connectivity index (χ1n) is 11.8. The van der Waals surface area contributed by atoms with E-state index in [1.54, 1.807) is 26.0 Å². The van der Waals surface area contributed by atoms with E-state index in [-0.39, 0.29) is 23.1 Å². The molecule has 1 N–H and O–H groups in total. The van der Waals surface area contributed by atoms with E-state index >= 15 is 0 Å². The van der Waals surface area contributed by atoms with Crippen LogP contribution in [0.5, 0.6) is 0 Å². The number of fused-ring (bicyclic) bond motifs is 1. The molecule has 0 radical (unpaired) electrons. The lowest BCUT2D eigenvalue weighted by Crippen LogP contribution is -2.47. The number of nitrogens with one attached hydrogen (secondary N) is 1. The molecule has 0 saturated heterocycles. The third-order valence-corrected chi connectivity index (χ3v) is 8.57. The molecule has 186 valence electrons. The number of rotatable bonds is 9. The van der Waals surface area contributed by atoms with E-state index in [9.17, 15) is 18.0 Å². The Hall–Kier alpha value is -2.72. The van der Waals surface area contributed by atoms with Crippen molar-refractivity contribution < 1.29 is 18.0 Å². The van der Waals surface area contributed by atoms with Gasteiger partial charge in [0.25, 0.3) is 0 Å². The van der Waals surface area contributed by atoms with Crippen molar-refractivity contribution in [1.82, 2.24) is 19.4 Å².